The zero-order valence-corrected chi connectivity index (χ0v) is 17.2. The lowest BCUT2D eigenvalue weighted by Gasteiger charge is -2.39. The number of para-hydroxylation sites is 1. The van der Waals surface area contributed by atoms with Gasteiger partial charge in [-0.05, 0) is 31.2 Å². The zero-order chi connectivity index (χ0) is 19.8. The predicted octanol–water partition coefficient (Wildman–Crippen LogP) is 1.92. The zero-order valence-electron chi connectivity index (χ0n) is 17.2. The molecule has 0 radical (unpaired) electrons. The fourth-order valence-electron chi connectivity index (χ4n) is 5.28. The van der Waals surface area contributed by atoms with Crippen molar-refractivity contribution in [2.75, 3.05) is 52.5 Å². The summed E-state index contributed by atoms with van der Waals surface area (Å²) in [5.41, 5.74) is 1.36. The quantitative estimate of drug-likeness (QED) is 0.791. The van der Waals surface area contributed by atoms with Crippen molar-refractivity contribution in [3.8, 4) is 0 Å². The van der Waals surface area contributed by atoms with Crippen molar-refractivity contribution in [1.82, 2.24) is 19.6 Å². The maximum atomic E-state index is 13.3. The first-order valence-corrected chi connectivity index (χ1v) is 10.8. The molecule has 2 atom stereocenters. The number of benzene rings is 1. The molecule has 0 saturated carbocycles. The number of aromatic nitrogens is 2. The van der Waals surface area contributed by atoms with Gasteiger partial charge in [-0.2, -0.15) is 5.10 Å². The van der Waals surface area contributed by atoms with Crippen molar-refractivity contribution < 1.29 is 14.3 Å². The number of fused-ring (bicyclic) bond motifs is 1. The van der Waals surface area contributed by atoms with Crippen LogP contribution in [0.3, 0.4) is 0 Å². The van der Waals surface area contributed by atoms with E-state index in [-0.39, 0.29) is 11.5 Å². The van der Waals surface area contributed by atoms with E-state index < -0.39 is 0 Å². The molecule has 1 spiro atoms. The molecule has 3 saturated heterocycles. The minimum atomic E-state index is -0.185. The van der Waals surface area contributed by atoms with Crippen molar-refractivity contribution in [2.45, 2.75) is 24.9 Å². The Hall–Kier alpha value is -1.96. The number of amides is 1. The number of likely N-dealkylation sites (tertiary alicyclic amines) is 1. The molecule has 0 bridgehead atoms. The summed E-state index contributed by atoms with van der Waals surface area (Å²) in [7, 11) is 1.90. The molecule has 3 fully saturated rings. The number of piperidine rings is 1. The molecule has 1 amide bonds. The van der Waals surface area contributed by atoms with Gasteiger partial charge in [0.25, 0.3) is 5.91 Å². The third kappa shape index (κ3) is 3.67. The van der Waals surface area contributed by atoms with Crippen LogP contribution in [-0.4, -0.2) is 83.6 Å². The molecule has 5 rings (SSSR count). The molecule has 1 aromatic carbocycles. The van der Waals surface area contributed by atoms with Crippen LogP contribution < -0.4 is 0 Å². The fourth-order valence-corrected chi connectivity index (χ4v) is 5.28. The van der Waals surface area contributed by atoms with Crippen LogP contribution in [0.4, 0.5) is 0 Å². The molecule has 1 aromatic heterocycles. The Labute approximate surface area is 171 Å². The molecule has 0 N–H and O–H groups in total. The van der Waals surface area contributed by atoms with Crippen LogP contribution in [0.1, 0.15) is 29.8 Å². The number of morpholine rings is 1. The molecule has 29 heavy (non-hydrogen) atoms. The van der Waals surface area contributed by atoms with Gasteiger partial charge in [0.1, 0.15) is 0 Å². The molecule has 2 aromatic rings. The molecule has 4 heterocycles. The van der Waals surface area contributed by atoms with Crippen molar-refractivity contribution in [1.29, 1.82) is 0 Å². The summed E-state index contributed by atoms with van der Waals surface area (Å²) in [6.07, 6.45) is 3.07. The molecule has 3 aliphatic rings. The van der Waals surface area contributed by atoms with Crippen LogP contribution in [0.15, 0.2) is 24.3 Å². The Bertz CT molecular complexity index is 891. The lowest BCUT2D eigenvalue weighted by molar-refractivity contribution is -0.0452. The number of aryl methyl sites for hydroxylation is 1. The number of carbonyl (C=O) groups excluding carboxylic acids is 1. The number of carbonyl (C=O) groups is 1. The number of rotatable bonds is 3. The molecule has 3 aliphatic heterocycles. The molecular weight excluding hydrogens is 368 g/mol. The highest BCUT2D eigenvalue weighted by Gasteiger charge is 2.45. The largest absolute Gasteiger partial charge is 0.379 e. The van der Waals surface area contributed by atoms with E-state index in [1.54, 1.807) is 4.68 Å². The van der Waals surface area contributed by atoms with Gasteiger partial charge in [0.05, 0.1) is 37.5 Å². The van der Waals surface area contributed by atoms with E-state index in [9.17, 15) is 4.79 Å². The maximum absolute atomic E-state index is 13.3. The van der Waals surface area contributed by atoms with Gasteiger partial charge in [-0.15, -0.1) is 0 Å². The number of ether oxygens (including phenoxy) is 2. The van der Waals surface area contributed by atoms with Crippen molar-refractivity contribution >= 4 is 16.8 Å². The van der Waals surface area contributed by atoms with Gasteiger partial charge in [-0.25, -0.2) is 0 Å². The van der Waals surface area contributed by atoms with E-state index in [1.165, 1.54) is 0 Å². The van der Waals surface area contributed by atoms with Crippen molar-refractivity contribution in [2.24, 2.45) is 13.0 Å². The summed E-state index contributed by atoms with van der Waals surface area (Å²) in [5.74, 6) is 0.569. The Morgan fingerprint density at radius 1 is 1.24 bits per heavy atom. The second-order valence-electron chi connectivity index (χ2n) is 8.80. The monoisotopic (exact) mass is 398 g/mol. The molecule has 2 unspecified atom stereocenters. The smallest absolute Gasteiger partial charge is 0.275 e. The third-order valence-electron chi connectivity index (χ3n) is 6.69. The lowest BCUT2D eigenvalue weighted by atomic mass is 9.86. The van der Waals surface area contributed by atoms with E-state index in [1.807, 2.05) is 36.2 Å². The van der Waals surface area contributed by atoms with Gasteiger partial charge >= 0.3 is 0 Å². The van der Waals surface area contributed by atoms with E-state index >= 15 is 0 Å². The normalized spacial score (nSPS) is 28.4. The standard InChI is InChI=1S/C22H30N4O3/c1-24-19-6-3-2-5-18(19)20(23-24)21(27)26-8-4-7-22(16-26)13-17(15-29-22)14-25-9-11-28-12-10-25/h2-3,5-6,17H,4,7-16H2,1H3. The van der Waals surface area contributed by atoms with E-state index in [2.05, 4.69) is 10.00 Å². The van der Waals surface area contributed by atoms with E-state index in [0.717, 1.165) is 76.2 Å². The van der Waals surface area contributed by atoms with Crippen molar-refractivity contribution in [3.05, 3.63) is 30.0 Å². The highest BCUT2D eigenvalue weighted by atomic mass is 16.5. The number of hydrogen-bond acceptors (Lipinski definition) is 5. The van der Waals surface area contributed by atoms with E-state index in [4.69, 9.17) is 9.47 Å². The Morgan fingerprint density at radius 2 is 2.07 bits per heavy atom. The average Bonchev–Trinajstić information content (AvgIpc) is 3.29. The summed E-state index contributed by atoms with van der Waals surface area (Å²) in [4.78, 5) is 17.8. The first-order valence-electron chi connectivity index (χ1n) is 10.8. The van der Waals surface area contributed by atoms with Crippen LogP contribution in [0, 0.1) is 5.92 Å². The molecular formula is C22H30N4O3. The van der Waals surface area contributed by atoms with Gasteiger partial charge in [0.2, 0.25) is 0 Å². The summed E-state index contributed by atoms with van der Waals surface area (Å²) >= 11 is 0. The molecule has 7 nitrogen and oxygen atoms in total. The fraction of sp³-hybridized carbons (Fsp3) is 0.636. The van der Waals surface area contributed by atoms with Crippen LogP contribution in [0.5, 0.6) is 0 Å². The predicted molar refractivity (Wildman–Crippen MR) is 110 cm³/mol. The Balaban J connectivity index is 1.28. The van der Waals surface area contributed by atoms with Crippen molar-refractivity contribution in [3.63, 3.8) is 0 Å². The second kappa shape index (κ2) is 7.70. The second-order valence-corrected chi connectivity index (χ2v) is 8.80. The summed E-state index contributed by atoms with van der Waals surface area (Å²) in [5, 5.41) is 5.47. The van der Waals surface area contributed by atoms with Crippen LogP contribution in [-0.2, 0) is 16.5 Å². The summed E-state index contributed by atoms with van der Waals surface area (Å²) < 4.78 is 13.6. The minimum Gasteiger partial charge on any atom is -0.379 e. The topological polar surface area (TPSA) is 59.8 Å². The summed E-state index contributed by atoms with van der Waals surface area (Å²) in [6.45, 7) is 7.02. The minimum absolute atomic E-state index is 0.0288. The maximum Gasteiger partial charge on any atom is 0.275 e. The SMILES string of the molecule is Cn1nc(C(=O)N2CCCC3(CC(CN4CCOCC4)CO3)C2)c2ccccc21. The highest BCUT2D eigenvalue weighted by molar-refractivity contribution is 6.04. The molecule has 7 heteroatoms. The highest BCUT2D eigenvalue weighted by Crippen LogP contribution is 2.38. The van der Waals surface area contributed by atoms with Gasteiger partial charge in [-0.1, -0.05) is 18.2 Å². The van der Waals surface area contributed by atoms with Crippen LogP contribution in [0.2, 0.25) is 0 Å². The number of nitrogens with zero attached hydrogens (tertiary/aromatic N) is 4. The first-order chi connectivity index (χ1) is 14.1. The molecule has 156 valence electrons. The van der Waals surface area contributed by atoms with Crippen LogP contribution in [0.25, 0.3) is 10.9 Å². The first kappa shape index (κ1) is 19.0. The Kier molecular flexibility index (Phi) is 5.05. The van der Waals surface area contributed by atoms with Gasteiger partial charge in [-0.3, -0.25) is 14.4 Å². The van der Waals surface area contributed by atoms with E-state index in [0.29, 0.717) is 18.2 Å². The van der Waals surface area contributed by atoms with Crippen LogP contribution >= 0.6 is 0 Å². The van der Waals surface area contributed by atoms with Gasteiger partial charge < -0.3 is 14.4 Å². The average molecular weight is 399 g/mol. The lowest BCUT2D eigenvalue weighted by Crippen LogP contribution is -2.50. The third-order valence-corrected chi connectivity index (χ3v) is 6.69. The summed E-state index contributed by atoms with van der Waals surface area (Å²) in [6, 6.07) is 7.94. The number of hydrogen-bond donors (Lipinski definition) is 0. The van der Waals surface area contributed by atoms with Gasteiger partial charge in [0, 0.05) is 38.6 Å². The van der Waals surface area contributed by atoms with Gasteiger partial charge in [0.15, 0.2) is 5.69 Å². The Morgan fingerprint density at radius 3 is 2.93 bits per heavy atom. The molecule has 0 aliphatic carbocycles.